The second-order valence-corrected chi connectivity index (χ2v) is 7.18. The molecule has 1 aliphatic heterocycles. The van der Waals surface area contributed by atoms with E-state index in [1.807, 2.05) is 0 Å². The summed E-state index contributed by atoms with van der Waals surface area (Å²) in [4.78, 5) is 14.7. The predicted molar refractivity (Wildman–Crippen MR) is 106 cm³/mol. The molecule has 0 fully saturated rings. The van der Waals surface area contributed by atoms with Crippen molar-refractivity contribution in [1.82, 2.24) is 19.2 Å². The summed E-state index contributed by atoms with van der Waals surface area (Å²) in [7, 11) is 2.07. The van der Waals surface area contributed by atoms with Gasteiger partial charge < -0.3 is 14.4 Å². The van der Waals surface area contributed by atoms with Gasteiger partial charge in [-0.2, -0.15) is 5.10 Å². The van der Waals surface area contributed by atoms with E-state index in [4.69, 9.17) is 4.74 Å². The number of carbonyl (C=O) groups is 1. The van der Waals surface area contributed by atoms with E-state index in [1.54, 1.807) is 11.6 Å². The van der Waals surface area contributed by atoms with E-state index in [0.717, 1.165) is 30.8 Å². The Bertz CT molecular complexity index is 1000. The van der Waals surface area contributed by atoms with Crippen molar-refractivity contribution in [2.45, 2.75) is 33.0 Å². The Balaban J connectivity index is 1.62. The minimum Gasteiger partial charge on any atom is -0.461 e. The van der Waals surface area contributed by atoms with Crippen molar-refractivity contribution in [2.24, 2.45) is 7.05 Å². The number of hydrogen-bond donors (Lipinski definition) is 1. The number of ether oxygens (including phenoxy) is 1. The highest BCUT2D eigenvalue weighted by Crippen LogP contribution is 2.27. The monoisotopic (exact) mass is 382 g/mol. The maximum absolute atomic E-state index is 12.4. The number of aliphatic hydroxyl groups excluding tert-OH is 1. The van der Waals surface area contributed by atoms with Crippen LogP contribution in [0.2, 0.25) is 0 Å². The molecular formula is C21H26N4O3. The quantitative estimate of drug-likeness (QED) is 0.661. The Morgan fingerprint density at radius 2 is 2.14 bits per heavy atom. The lowest BCUT2D eigenvalue weighted by atomic mass is 10.0. The summed E-state index contributed by atoms with van der Waals surface area (Å²) in [6, 6.07) is 8.41. The number of rotatable bonds is 6. The molecule has 0 amide bonds. The molecule has 0 aliphatic carbocycles. The van der Waals surface area contributed by atoms with E-state index in [2.05, 4.69) is 52.1 Å². The minimum absolute atomic E-state index is 0.00386. The van der Waals surface area contributed by atoms with Gasteiger partial charge in [-0.15, -0.1) is 0 Å². The Labute approximate surface area is 164 Å². The van der Waals surface area contributed by atoms with Gasteiger partial charge in [-0.25, -0.2) is 4.79 Å². The van der Waals surface area contributed by atoms with Crippen LogP contribution in [0.25, 0.3) is 10.9 Å². The molecule has 148 valence electrons. The van der Waals surface area contributed by atoms with Crippen LogP contribution in [0.15, 0.2) is 30.5 Å². The Morgan fingerprint density at radius 1 is 1.32 bits per heavy atom. The van der Waals surface area contributed by atoms with E-state index in [1.165, 1.54) is 16.5 Å². The minimum atomic E-state index is -0.387. The van der Waals surface area contributed by atoms with Gasteiger partial charge in [-0.1, -0.05) is 18.2 Å². The highest BCUT2D eigenvalue weighted by molar-refractivity contribution is 5.89. The first-order chi connectivity index (χ1) is 13.6. The van der Waals surface area contributed by atoms with Crippen molar-refractivity contribution in [1.29, 1.82) is 0 Å². The second kappa shape index (κ2) is 7.77. The first kappa shape index (κ1) is 18.7. The number of fused-ring (bicyclic) bond motifs is 2. The third-order valence-corrected chi connectivity index (χ3v) is 5.37. The van der Waals surface area contributed by atoms with Gasteiger partial charge in [0.05, 0.1) is 19.8 Å². The molecule has 7 heteroatoms. The molecule has 28 heavy (non-hydrogen) atoms. The van der Waals surface area contributed by atoms with Gasteiger partial charge in [0.1, 0.15) is 0 Å². The molecule has 4 rings (SSSR count). The standard InChI is InChI=1S/C21H26N4O3/c1-3-28-21(27)20-17-14-24(9-8-19(17)25(22-20)10-11-26)13-15-12-23(2)18-7-5-4-6-16(15)18/h4-7,12,26H,3,8-11,13-14H2,1-2H3. The molecule has 3 heterocycles. The summed E-state index contributed by atoms with van der Waals surface area (Å²) in [6.45, 7) is 4.85. The van der Waals surface area contributed by atoms with Crippen LogP contribution in [0, 0.1) is 0 Å². The van der Waals surface area contributed by atoms with Crippen LogP contribution in [0.3, 0.4) is 0 Å². The number of aromatic nitrogens is 3. The molecule has 0 atom stereocenters. The summed E-state index contributed by atoms with van der Waals surface area (Å²) in [5.41, 5.74) is 4.85. The first-order valence-electron chi connectivity index (χ1n) is 9.74. The molecule has 1 N–H and O–H groups in total. The average molecular weight is 382 g/mol. The molecule has 0 spiro atoms. The number of esters is 1. The molecular weight excluding hydrogens is 356 g/mol. The fraction of sp³-hybridized carbons (Fsp3) is 0.429. The zero-order valence-corrected chi connectivity index (χ0v) is 16.4. The number of carbonyl (C=O) groups excluding carboxylic acids is 1. The third-order valence-electron chi connectivity index (χ3n) is 5.37. The van der Waals surface area contributed by atoms with Gasteiger partial charge in [0, 0.05) is 61.5 Å². The summed E-state index contributed by atoms with van der Waals surface area (Å²) in [5.74, 6) is -0.387. The van der Waals surface area contributed by atoms with Gasteiger partial charge in [0.15, 0.2) is 5.69 Å². The summed E-state index contributed by atoms with van der Waals surface area (Å²) >= 11 is 0. The van der Waals surface area contributed by atoms with Gasteiger partial charge >= 0.3 is 5.97 Å². The van der Waals surface area contributed by atoms with Crippen molar-refractivity contribution in [3.63, 3.8) is 0 Å². The molecule has 3 aromatic rings. The molecule has 1 aromatic carbocycles. The van der Waals surface area contributed by atoms with Crippen LogP contribution in [0.5, 0.6) is 0 Å². The maximum Gasteiger partial charge on any atom is 0.359 e. The van der Waals surface area contributed by atoms with Gasteiger partial charge in [0.25, 0.3) is 0 Å². The van der Waals surface area contributed by atoms with Crippen LogP contribution in [0.1, 0.15) is 34.2 Å². The van der Waals surface area contributed by atoms with Crippen LogP contribution in [-0.4, -0.2) is 50.1 Å². The SMILES string of the molecule is CCOC(=O)c1nn(CCO)c2c1CN(Cc1cn(C)c3ccccc13)CC2. The van der Waals surface area contributed by atoms with Gasteiger partial charge in [-0.3, -0.25) is 9.58 Å². The molecule has 7 nitrogen and oxygen atoms in total. The molecule has 2 aromatic heterocycles. The van der Waals surface area contributed by atoms with Crippen molar-refractivity contribution in [3.8, 4) is 0 Å². The fourth-order valence-corrected chi connectivity index (χ4v) is 4.12. The van der Waals surface area contributed by atoms with E-state index < -0.39 is 0 Å². The van der Waals surface area contributed by atoms with Crippen LogP contribution >= 0.6 is 0 Å². The lowest BCUT2D eigenvalue weighted by Crippen LogP contribution is -2.31. The first-order valence-corrected chi connectivity index (χ1v) is 9.74. The van der Waals surface area contributed by atoms with E-state index in [9.17, 15) is 9.90 Å². The Kier molecular flexibility index (Phi) is 5.19. The van der Waals surface area contributed by atoms with Crippen LogP contribution in [-0.2, 0) is 37.8 Å². The molecule has 0 radical (unpaired) electrons. The zero-order valence-electron chi connectivity index (χ0n) is 16.4. The summed E-state index contributed by atoms with van der Waals surface area (Å²) < 4.78 is 9.12. The lowest BCUT2D eigenvalue weighted by molar-refractivity contribution is 0.0515. The van der Waals surface area contributed by atoms with Crippen molar-refractivity contribution in [2.75, 3.05) is 19.8 Å². The van der Waals surface area contributed by atoms with E-state index in [0.29, 0.717) is 25.4 Å². The van der Waals surface area contributed by atoms with Gasteiger partial charge in [0.2, 0.25) is 0 Å². The van der Waals surface area contributed by atoms with Crippen LogP contribution in [0.4, 0.5) is 0 Å². The molecule has 1 aliphatic rings. The smallest absolute Gasteiger partial charge is 0.359 e. The number of benzene rings is 1. The Hall–Kier alpha value is -2.64. The van der Waals surface area contributed by atoms with Crippen molar-refractivity contribution in [3.05, 3.63) is 53.0 Å². The number of para-hydroxylation sites is 1. The summed E-state index contributed by atoms with van der Waals surface area (Å²) in [6.07, 6.45) is 2.98. The topological polar surface area (TPSA) is 72.5 Å². The van der Waals surface area contributed by atoms with Crippen molar-refractivity contribution >= 4 is 16.9 Å². The van der Waals surface area contributed by atoms with Crippen LogP contribution < -0.4 is 0 Å². The highest BCUT2D eigenvalue weighted by atomic mass is 16.5. The molecule has 0 saturated heterocycles. The molecule has 0 bridgehead atoms. The highest BCUT2D eigenvalue weighted by Gasteiger charge is 2.29. The number of hydrogen-bond acceptors (Lipinski definition) is 5. The largest absolute Gasteiger partial charge is 0.461 e. The Morgan fingerprint density at radius 3 is 2.93 bits per heavy atom. The average Bonchev–Trinajstić information content (AvgIpc) is 3.21. The summed E-state index contributed by atoms with van der Waals surface area (Å²) in [5, 5.41) is 15.0. The number of aryl methyl sites for hydroxylation is 1. The molecule has 0 saturated carbocycles. The third kappa shape index (κ3) is 3.31. The normalized spacial score (nSPS) is 14.4. The number of nitrogens with zero attached hydrogens (tertiary/aromatic N) is 4. The van der Waals surface area contributed by atoms with E-state index in [-0.39, 0.29) is 12.6 Å². The lowest BCUT2D eigenvalue weighted by Gasteiger charge is -2.27. The predicted octanol–water partition coefficient (Wildman–Crippen LogP) is 2.10. The van der Waals surface area contributed by atoms with Gasteiger partial charge in [-0.05, 0) is 18.6 Å². The number of aliphatic hydroxyl groups is 1. The second-order valence-electron chi connectivity index (χ2n) is 7.18. The zero-order chi connectivity index (χ0) is 19.7. The van der Waals surface area contributed by atoms with E-state index >= 15 is 0 Å². The fourth-order valence-electron chi connectivity index (χ4n) is 4.12. The maximum atomic E-state index is 12.4. The molecule has 0 unspecified atom stereocenters. The van der Waals surface area contributed by atoms with Crippen molar-refractivity contribution < 1.29 is 14.6 Å².